The minimum atomic E-state index is -1.01. The second-order valence-electron chi connectivity index (χ2n) is 3.58. The zero-order valence-corrected chi connectivity index (χ0v) is 8.40. The van der Waals surface area contributed by atoms with Crippen molar-refractivity contribution in [1.82, 2.24) is 10.2 Å². The number of carboxylic acid groups (broad SMARTS) is 1. The largest absolute Gasteiger partial charge is 0.480 e. The van der Waals surface area contributed by atoms with Gasteiger partial charge in [-0.3, -0.25) is 4.79 Å². The van der Waals surface area contributed by atoms with Gasteiger partial charge in [-0.1, -0.05) is 5.92 Å². The van der Waals surface area contributed by atoms with Crippen LogP contribution in [0.2, 0.25) is 0 Å². The summed E-state index contributed by atoms with van der Waals surface area (Å²) in [6.45, 7) is 0.356. The zero-order valence-electron chi connectivity index (χ0n) is 8.40. The van der Waals surface area contributed by atoms with Gasteiger partial charge < -0.3 is 15.3 Å². The Morgan fingerprint density at radius 2 is 2.20 bits per heavy atom. The number of hydrogen-bond acceptors (Lipinski definition) is 2. The average Bonchev–Trinajstić information content (AvgIpc) is 2.96. The molecule has 1 rings (SSSR count). The topological polar surface area (TPSA) is 69.6 Å². The molecule has 0 aromatic carbocycles. The van der Waals surface area contributed by atoms with E-state index in [1.54, 1.807) is 0 Å². The van der Waals surface area contributed by atoms with Crippen LogP contribution in [0.3, 0.4) is 0 Å². The molecule has 5 heteroatoms. The van der Waals surface area contributed by atoms with E-state index in [2.05, 4.69) is 11.2 Å². The first kappa shape index (κ1) is 11.4. The highest BCUT2D eigenvalue weighted by molar-refractivity contribution is 5.80. The van der Waals surface area contributed by atoms with Crippen LogP contribution in [0.15, 0.2) is 0 Å². The third-order valence-electron chi connectivity index (χ3n) is 2.13. The number of nitrogens with zero attached hydrogens (tertiary/aromatic N) is 1. The van der Waals surface area contributed by atoms with Gasteiger partial charge in [0.05, 0.1) is 6.54 Å². The molecule has 0 spiro atoms. The van der Waals surface area contributed by atoms with E-state index in [0.717, 1.165) is 12.8 Å². The van der Waals surface area contributed by atoms with E-state index >= 15 is 0 Å². The maximum absolute atomic E-state index is 11.5. The smallest absolute Gasteiger partial charge is 0.323 e. The third kappa shape index (κ3) is 4.36. The van der Waals surface area contributed by atoms with Crippen molar-refractivity contribution in [3.8, 4) is 12.3 Å². The number of amides is 2. The lowest BCUT2D eigenvalue weighted by Crippen LogP contribution is -2.43. The summed E-state index contributed by atoms with van der Waals surface area (Å²) >= 11 is 0. The maximum atomic E-state index is 11.5. The van der Waals surface area contributed by atoms with Gasteiger partial charge in [-0.2, -0.15) is 0 Å². The highest BCUT2D eigenvalue weighted by Gasteiger charge is 2.27. The van der Waals surface area contributed by atoms with Crippen molar-refractivity contribution >= 4 is 12.0 Å². The zero-order chi connectivity index (χ0) is 11.3. The van der Waals surface area contributed by atoms with Crippen LogP contribution < -0.4 is 5.32 Å². The summed E-state index contributed by atoms with van der Waals surface area (Å²) in [4.78, 5) is 23.3. The quantitative estimate of drug-likeness (QED) is 0.633. The van der Waals surface area contributed by atoms with Gasteiger partial charge in [-0.25, -0.2) is 4.79 Å². The molecule has 15 heavy (non-hydrogen) atoms. The summed E-state index contributed by atoms with van der Waals surface area (Å²) in [7, 11) is 0. The molecule has 0 heterocycles. The monoisotopic (exact) mass is 210 g/mol. The number of aliphatic carboxylic acids is 1. The maximum Gasteiger partial charge on any atom is 0.323 e. The third-order valence-corrected chi connectivity index (χ3v) is 2.13. The SMILES string of the molecule is C#CCNC(=O)N(CC(=O)O)CC1CC1. The Morgan fingerprint density at radius 3 is 2.67 bits per heavy atom. The van der Waals surface area contributed by atoms with Crippen LogP contribution in [0.25, 0.3) is 0 Å². The van der Waals surface area contributed by atoms with Crippen LogP contribution in [0.4, 0.5) is 4.79 Å². The second kappa shape index (κ2) is 5.25. The van der Waals surface area contributed by atoms with E-state index in [-0.39, 0.29) is 13.1 Å². The molecule has 0 aromatic heterocycles. The summed E-state index contributed by atoms with van der Waals surface area (Å²) in [5.74, 6) is 1.72. The number of carbonyl (C=O) groups is 2. The lowest BCUT2D eigenvalue weighted by molar-refractivity contribution is -0.137. The lowest BCUT2D eigenvalue weighted by atomic mass is 10.3. The normalized spacial score (nSPS) is 14.1. The fourth-order valence-electron chi connectivity index (χ4n) is 1.23. The number of hydrogen-bond donors (Lipinski definition) is 2. The summed E-state index contributed by atoms with van der Waals surface area (Å²) < 4.78 is 0. The Labute approximate surface area is 88.4 Å². The summed E-state index contributed by atoms with van der Waals surface area (Å²) in [5.41, 5.74) is 0. The van der Waals surface area contributed by atoms with E-state index < -0.39 is 12.0 Å². The minimum absolute atomic E-state index is 0.125. The van der Waals surface area contributed by atoms with Gasteiger partial charge in [0.15, 0.2) is 0 Å². The number of nitrogens with one attached hydrogen (secondary N) is 1. The molecular formula is C10H14N2O3. The second-order valence-corrected chi connectivity index (χ2v) is 3.58. The fourth-order valence-corrected chi connectivity index (χ4v) is 1.23. The molecule has 0 aliphatic heterocycles. The molecule has 1 saturated carbocycles. The van der Waals surface area contributed by atoms with Crippen molar-refractivity contribution in [2.45, 2.75) is 12.8 Å². The molecule has 1 aliphatic rings. The molecule has 2 amide bonds. The number of carboxylic acids is 1. The first-order valence-electron chi connectivity index (χ1n) is 4.81. The molecule has 5 nitrogen and oxygen atoms in total. The summed E-state index contributed by atoms with van der Waals surface area (Å²) in [6, 6.07) is -0.401. The minimum Gasteiger partial charge on any atom is -0.480 e. The molecular weight excluding hydrogens is 196 g/mol. The standard InChI is InChI=1S/C10H14N2O3/c1-2-5-11-10(15)12(7-9(13)14)6-8-3-4-8/h1,8H,3-7H2,(H,11,15)(H,13,14). The Morgan fingerprint density at radius 1 is 1.53 bits per heavy atom. The van der Waals surface area contributed by atoms with E-state index in [4.69, 9.17) is 11.5 Å². The number of carbonyl (C=O) groups excluding carboxylic acids is 1. The summed E-state index contributed by atoms with van der Waals surface area (Å²) in [6.07, 6.45) is 7.13. The van der Waals surface area contributed by atoms with Gasteiger partial charge in [-0.15, -0.1) is 6.42 Å². The first-order valence-corrected chi connectivity index (χ1v) is 4.81. The van der Waals surface area contributed by atoms with Gasteiger partial charge >= 0.3 is 12.0 Å². The Bertz CT molecular complexity index is 292. The molecule has 0 aromatic rings. The molecule has 0 bridgehead atoms. The Hall–Kier alpha value is -1.70. The number of urea groups is 1. The van der Waals surface area contributed by atoms with Gasteiger partial charge in [0.2, 0.25) is 0 Å². The molecule has 0 saturated heterocycles. The van der Waals surface area contributed by atoms with Crippen LogP contribution in [0.5, 0.6) is 0 Å². The molecule has 0 unspecified atom stereocenters. The predicted molar refractivity (Wildman–Crippen MR) is 54.2 cm³/mol. The highest BCUT2D eigenvalue weighted by Crippen LogP contribution is 2.29. The van der Waals surface area contributed by atoms with Crippen LogP contribution >= 0.6 is 0 Å². The van der Waals surface area contributed by atoms with E-state index in [1.807, 2.05) is 0 Å². The fraction of sp³-hybridized carbons (Fsp3) is 0.600. The first-order chi connectivity index (χ1) is 7.13. The number of terminal acetylenes is 1. The van der Waals surface area contributed by atoms with Crippen molar-refractivity contribution in [3.63, 3.8) is 0 Å². The van der Waals surface area contributed by atoms with Crippen molar-refractivity contribution in [3.05, 3.63) is 0 Å². The highest BCUT2D eigenvalue weighted by atomic mass is 16.4. The molecule has 1 aliphatic carbocycles. The van der Waals surface area contributed by atoms with Crippen LogP contribution in [0.1, 0.15) is 12.8 Å². The molecule has 0 atom stereocenters. The van der Waals surface area contributed by atoms with E-state index in [0.29, 0.717) is 12.5 Å². The van der Waals surface area contributed by atoms with Crippen molar-refractivity contribution in [2.75, 3.05) is 19.6 Å². The van der Waals surface area contributed by atoms with Crippen molar-refractivity contribution in [2.24, 2.45) is 5.92 Å². The van der Waals surface area contributed by atoms with Crippen molar-refractivity contribution in [1.29, 1.82) is 0 Å². The van der Waals surface area contributed by atoms with Gasteiger partial charge in [0.1, 0.15) is 6.54 Å². The van der Waals surface area contributed by atoms with Crippen LogP contribution in [-0.4, -0.2) is 41.6 Å². The Balaban J connectivity index is 2.42. The lowest BCUT2D eigenvalue weighted by Gasteiger charge is -2.20. The van der Waals surface area contributed by atoms with Crippen molar-refractivity contribution < 1.29 is 14.7 Å². The van der Waals surface area contributed by atoms with Crippen LogP contribution in [-0.2, 0) is 4.79 Å². The van der Waals surface area contributed by atoms with Gasteiger partial charge in [0.25, 0.3) is 0 Å². The molecule has 1 fully saturated rings. The molecule has 2 N–H and O–H groups in total. The average molecular weight is 210 g/mol. The molecule has 0 radical (unpaired) electrons. The molecule has 82 valence electrons. The van der Waals surface area contributed by atoms with Crippen LogP contribution in [0, 0.1) is 18.3 Å². The predicted octanol–water partition coefficient (Wildman–Crippen LogP) is 0.126. The number of rotatable bonds is 5. The van der Waals surface area contributed by atoms with E-state index in [1.165, 1.54) is 4.90 Å². The van der Waals surface area contributed by atoms with Gasteiger partial charge in [-0.05, 0) is 18.8 Å². The Kier molecular flexibility index (Phi) is 3.98. The van der Waals surface area contributed by atoms with Gasteiger partial charge in [0, 0.05) is 6.54 Å². The summed E-state index contributed by atoms with van der Waals surface area (Å²) in [5, 5.41) is 11.1. The van der Waals surface area contributed by atoms with E-state index in [9.17, 15) is 9.59 Å².